The summed E-state index contributed by atoms with van der Waals surface area (Å²) >= 11 is 1.77. The summed E-state index contributed by atoms with van der Waals surface area (Å²) in [5.41, 5.74) is 1.43. The molecule has 2 rings (SSSR count). The van der Waals surface area contributed by atoms with Crippen molar-refractivity contribution in [2.45, 2.75) is 37.8 Å². The molecule has 2 nitrogen and oxygen atoms in total. The summed E-state index contributed by atoms with van der Waals surface area (Å²) in [6.07, 6.45) is 6.62. The molecule has 0 radical (unpaired) electrons. The first-order chi connectivity index (χ1) is 8.22. The molecule has 1 saturated heterocycles. The smallest absolute Gasteiger partial charge is 0.100 e. The fourth-order valence-electron chi connectivity index (χ4n) is 2.69. The van der Waals surface area contributed by atoms with Gasteiger partial charge >= 0.3 is 0 Å². The molecule has 0 amide bonds. The van der Waals surface area contributed by atoms with E-state index >= 15 is 0 Å². The van der Waals surface area contributed by atoms with Crippen molar-refractivity contribution in [2.75, 3.05) is 19.3 Å². The molecule has 0 bridgehead atoms. The first kappa shape index (κ1) is 12.9. The molecular weight excluding hydrogens is 228 g/mol. The third-order valence-corrected chi connectivity index (χ3v) is 4.04. The van der Waals surface area contributed by atoms with Gasteiger partial charge in [-0.2, -0.15) is 0 Å². The molecule has 0 N–H and O–H groups in total. The van der Waals surface area contributed by atoms with Crippen molar-refractivity contribution >= 4 is 11.8 Å². The van der Waals surface area contributed by atoms with Crippen LogP contribution in [0, 0.1) is 5.92 Å². The fourth-order valence-corrected chi connectivity index (χ4v) is 3.30. The Morgan fingerprint density at radius 3 is 3.06 bits per heavy atom. The summed E-state index contributed by atoms with van der Waals surface area (Å²) in [6, 6.07) is 4.91. The number of aromatic nitrogens is 1. The minimum absolute atomic E-state index is 0.591. The molecule has 1 aliphatic heterocycles. The zero-order valence-electron chi connectivity index (χ0n) is 11.0. The van der Waals surface area contributed by atoms with Crippen LogP contribution in [0.15, 0.2) is 23.4 Å². The average molecular weight is 250 g/mol. The molecule has 94 valence electrons. The molecule has 0 aromatic carbocycles. The molecular formula is C14H22N2S. The number of rotatable bonds is 4. The number of hydrogen-bond donors (Lipinski definition) is 0. The topological polar surface area (TPSA) is 16.1 Å². The minimum Gasteiger partial charge on any atom is -0.296 e. The SMILES string of the molecule is CSc1ncccc1[C@H]1CCCN1CC(C)C. The van der Waals surface area contributed by atoms with Gasteiger partial charge < -0.3 is 0 Å². The zero-order chi connectivity index (χ0) is 12.3. The molecule has 1 aromatic rings. The van der Waals surface area contributed by atoms with Crippen LogP contribution in [0.3, 0.4) is 0 Å². The van der Waals surface area contributed by atoms with Gasteiger partial charge in [0.15, 0.2) is 0 Å². The van der Waals surface area contributed by atoms with Gasteiger partial charge in [0.25, 0.3) is 0 Å². The highest BCUT2D eigenvalue weighted by molar-refractivity contribution is 7.98. The largest absolute Gasteiger partial charge is 0.296 e. The Balaban J connectivity index is 2.19. The monoisotopic (exact) mass is 250 g/mol. The van der Waals surface area contributed by atoms with Crippen LogP contribution in [-0.4, -0.2) is 29.2 Å². The third kappa shape index (κ3) is 3.02. The van der Waals surface area contributed by atoms with E-state index in [-0.39, 0.29) is 0 Å². The Kier molecular flexibility index (Phi) is 4.46. The van der Waals surface area contributed by atoms with Crippen LogP contribution in [0.2, 0.25) is 0 Å². The van der Waals surface area contributed by atoms with Gasteiger partial charge in [0.1, 0.15) is 5.03 Å². The van der Waals surface area contributed by atoms with E-state index in [1.807, 2.05) is 6.20 Å². The first-order valence-corrected chi connectivity index (χ1v) is 7.67. The highest BCUT2D eigenvalue weighted by Crippen LogP contribution is 2.35. The van der Waals surface area contributed by atoms with Crippen LogP contribution < -0.4 is 0 Å². The van der Waals surface area contributed by atoms with Gasteiger partial charge in [-0.3, -0.25) is 4.90 Å². The molecule has 1 atom stereocenters. The van der Waals surface area contributed by atoms with E-state index < -0.39 is 0 Å². The molecule has 0 saturated carbocycles. The second-order valence-corrected chi connectivity index (χ2v) is 5.94. The van der Waals surface area contributed by atoms with Crippen LogP contribution in [0.4, 0.5) is 0 Å². The van der Waals surface area contributed by atoms with Gasteiger partial charge in [0.2, 0.25) is 0 Å². The Morgan fingerprint density at radius 2 is 2.35 bits per heavy atom. The maximum atomic E-state index is 4.49. The third-order valence-electron chi connectivity index (χ3n) is 3.32. The molecule has 2 heterocycles. The lowest BCUT2D eigenvalue weighted by atomic mass is 10.1. The van der Waals surface area contributed by atoms with Gasteiger partial charge in [-0.15, -0.1) is 11.8 Å². The van der Waals surface area contributed by atoms with E-state index in [2.05, 4.69) is 42.1 Å². The number of pyridine rings is 1. The van der Waals surface area contributed by atoms with E-state index in [1.54, 1.807) is 11.8 Å². The fraction of sp³-hybridized carbons (Fsp3) is 0.643. The first-order valence-electron chi connectivity index (χ1n) is 6.45. The summed E-state index contributed by atoms with van der Waals surface area (Å²) < 4.78 is 0. The van der Waals surface area contributed by atoms with Gasteiger partial charge in [-0.1, -0.05) is 19.9 Å². The van der Waals surface area contributed by atoms with Crippen LogP contribution in [0.25, 0.3) is 0 Å². The molecule has 1 aliphatic rings. The van der Waals surface area contributed by atoms with Gasteiger partial charge in [0.05, 0.1) is 0 Å². The van der Waals surface area contributed by atoms with Crippen molar-refractivity contribution in [3.63, 3.8) is 0 Å². The summed E-state index contributed by atoms with van der Waals surface area (Å²) in [5, 5.41) is 1.20. The summed E-state index contributed by atoms with van der Waals surface area (Å²) in [5.74, 6) is 0.741. The highest BCUT2D eigenvalue weighted by atomic mass is 32.2. The van der Waals surface area contributed by atoms with E-state index in [4.69, 9.17) is 0 Å². The van der Waals surface area contributed by atoms with E-state index in [0.717, 1.165) is 5.92 Å². The van der Waals surface area contributed by atoms with Crippen molar-refractivity contribution in [1.29, 1.82) is 0 Å². The Morgan fingerprint density at radius 1 is 1.53 bits per heavy atom. The Bertz CT molecular complexity index is 365. The number of thioether (sulfide) groups is 1. The van der Waals surface area contributed by atoms with Crippen molar-refractivity contribution in [1.82, 2.24) is 9.88 Å². The van der Waals surface area contributed by atoms with Crippen molar-refractivity contribution in [3.05, 3.63) is 23.9 Å². The second-order valence-electron chi connectivity index (χ2n) is 5.15. The Labute approximate surface area is 109 Å². The lowest BCUT2D eigenvalue weighted by Gasteiger charge is -2.27. The Hall–Kier alpha value is -0.540. The molecule has 3 heteroatoms. The summed E-state index contributed by atoms with van der Waals surface area (Å²) in [6.45, 7) is 7.04. The second kappa shape index (κ2) is 5.87. The summed E-state index contributed by atoms with van der Waals surface area (Å²) in [7, 11) is 0. The number of hydrogen-bond acceptors (Lipinski definition) is 3. The van der Waals surface area contributed by atoms with Crippen LogP contribution in [0.5, 0.6) is 0 Å². The standard InChI is InChI=1S/C14H22N2S/c1-11(2)10-16-9-5-7-13(16)12-6-4-8-15-14(12)17-3/h4,6,8,11,13H,5,7,9-10H2,1-3H3/t13-/m1/s1. The quantitative estimate of drug-likeness (QED) is 0.760. The van der Waals surface area contributed by atoms with E-state index in [1.165, 1.54) is 36.5 Å². The normalized spacial score (nSPS) is 21.3. The van der Waals surface area contributed by atoms with Crippen LogP contribution >= 0.6 is 11.8 Å². The zero-order valence-corrected chi connectivity index (χ0v) is 11.8. The van der Waals surface area contributed by atoms with Crippen molar-refractivity contribution < 1.29 is 0 Å². The predicted octanol–water partition coefficient (Wildman–Crippen LogP) is 3.60. The summed E-state index contributed by atoms with van der Waals surface area (Å²) in [4.78, 5) is 7.12. The lowest BCUT2D eigenvalue weighted by molar-refractivity contribution is 0.226. The van der Waals surface area contributed by atoms with Crippen molar-refractivity contribution in [2.24, 2.45) is 5.92 Å². The van der Waals surface area contributed by atoms with Gasteiger partial charge in [-0.25, -0.2) is 4.98 Å². The maximum absolute atomic E-state index is 4.49. The van der Waals surface area contributed by atoms with Crippen LogP contribution in [-0.2, 0) is 0 Å². The van der Waals surface area contributed by atoms with E-state index in [9.17, 15) is 0 Å². The molecule has 0 spiro atoms. The molecule has 1 aromatic heterocycles. The molecule has 0 unspecified atom stereocenters. The van der Waals surface area contributed by atoms with E-state index in [0.29, 0.717) is 6.04 Å². The lowest BCUT2D eigenvalue weighted by Crippen LogP contribution is -2.27. The number of nitrogens with zero attached hydrogens (tertiary/aromatic N) is 2. The van der Waals surface area contributed by atoms with Crippen LogP contribution in [0.1, 0.15) is 38.3 Å². The average Bonchev–Trinajstić information content (AvgIpc) is 2.76. The molecule has 1 fully saturated rings. The number of likely N-dealkylation sites (tertiary alicyclic amines) is 1. The molecule has 17 heavy (non-hydrogen) atoms. The predicted molar refractivity (Wildman–Crippen MR) is 74.4 cm³/mol. The minimum atomic E-state index is 0.591. The highest BCUT2D eigenvalue weighted by Gasteiger charge is 2.28. The molecule has 0 aliphatic carbocycles. The maximum Gasteiger partial charge on any atom is 0.100 e. The van der Waals surface area contributed by atoms with Gasteiger partial charge in [0, 0.05) is 24.3 Å². The van der Waals surface area contributed by atoms with Gasteiger partial charge in [-0.05, 0) is 37.6 Å². The van der Waals surface area contributed by atoms with Crippen molar-refractivity contribution in [3.8, 4) is 0 Å².